The van der Waals surface area contributed by atoms with Crippen LogP contribution in [0.3, 0.4) is 0 Å². The molecule has 1 aromatic heterocycles. The highest BCUT2D eigenvalue weighted by molar-refractivity contribution is 9.10. The van der Waals surface area contributed by atoms with Gasteiger partial charge in [0.25, 0.3) is 5.91 Å². The predicted molar refractivity (Wildman–Crippen MR) is 73.1 cm³/mol. The molecule has 0 fully saturated rings. The number of carbonyl (C=O) groups excluding carboxylic acids is 2. The molecule has 0 bridgehead atoms. The Morgan fingerprint density at radius 1 is 1.37 bits per heavy atom. The van der Waals surface area contributed by atoms with Crippen LogP contribution in [-0.4, -0.2) is 21.6 Å². The molecule has 1 atom stereocenters. The van der Waals surface area contributed by atoms with Gasteiger partial charge in [-0.1, -0.05) is 28.1 Å². The van der Waals surface area contributed by atoms with E-state index < -0.39 is 5.92 Å². The number of fused-ring (bicyclic) bond motifs is 1. The normalized spacial score (nSPS) is 18.1. The fourth-order valence-corrected chi connectivity index (χ4v) is 2.57. The average molecular weight is 320 g/mol. The first-order chi connectivity index (χ1) is 9.08. The lowest BCUT2D eigenvalue weighted by Crippen LogP contribution is -2.38. The Morgan fingerprint density at radius 3 is 2.89 bits per heavy atom. The molecule has 1 N–H and O–H groups in total. The van der Waals surface area contributed by atoms with E-state index in [1.54, 1.807) is 31.3 Å². The van der Waals surface area contributed by atoms with E-state index in [9.17, 15) is 9.59 Å². The quantitative estimate of drug-likeness (QED) is 0.820. The minimum absolute atomic E-state index is 0.320. The first-order valence-corrected chi connectivity index (χ1v) is 6.52. The van der Waals surface area contributed by atoms with E-state index in [4.69, 9.17) is 0 Å². The molecule has 1 aromatic carbocycles. The number of amides is 1. The molecule has 5 nitrogen and oxygen atoms in total. The zero-order valence-electron chi connectivity index (χ0n) is 10.1. The van der Waals surface area contributed by atoms with Crippen molar-refractivity contribution in [3.8, 4) is 0 Å². The second-order valence-electron chi connectivity index (χ2n) is 4.40. The number of nitrogens with one attached hydrogen (secondary N) is 1. The number of anilines is 1. The van der Waals surface area contributed by atoms with Gasteiger partial charge in [-0.25, -0.2) is 0 Å². The van der Waals surface area contributed by atoms with Gasteiger partial charge in [0, 0.05) is 10.0 Å². The number of nitrogens with zero attached hydrogens (tertiary/aromatic N) is 2. The summed E-state index contributed by atoms with van der Waals surface area (Å²) in [6.07, 6.45) is 1.57. The monoisotopic (exact) mass is 319 g/mol. The Labute approximate surface area is 117 Å². The molecule has 0 saturated heterocycles. The smallest absolute Gasteiger partial charge is 0.265 e. The summed E-state index contributed by atoms with van der Waals surface area (Å²) in [5.41, 5.74) is 1.42. The molecule has 1 unspecified atom stereocenters. The molecule has 2 heterocycles. The van der Waals surface area contributed by atoms with Gasteiger partial charge in [-0.2, -0.15) is 9.78 Å². The maximum Gasteiger partial charge on any atom is 0.265 e. The number of halogens is 1. The molecular formula is C13H10BrN3O2. The number of hydrogen-bond donors (Lipinski definition) is 1. The second kappa shape index (κ2) is 4.31. The van der Waals surface area contributed by atoms with E-state index >= 15 is 0 Å². The van der Waals surface area contributed by atoms with Gasteiger partial charge in [-0.15, -0.1) is 0 Å². The first-order valence-electron chi connectivity index (χ1n) is 5.73. The topological polar surface area (TPSA) is 64.0 Å². The Hall–Kier alpha value is -1.95. The van der Waals surface area contributed by atoms with Crippen molar-refractivity contribution in [2.24, 2.45) is 0 Å². The highest BCUT2D eigenvalue weighted by Gasteiger charge is 2.37. The number of rotatable bonds is 1. The Kier molecular flexibility index (Phi) is 2.74. The molecule has 96 valence electrons. The molecule has 0 spiro atoms. The van der Waals surface area contributed by atoms with Crippen LogP contribution in [-0.2, 0) is 4.79 Å². The van der Waals surface area contributed by atoms with Gasteiger partial charge in [0.15, 0.2) is 0 Å². The Morgan fingerprint density at radius 2 is 2.16 bits per heavy atom. The van der Waals surface area contributed by atoms with Crippen molar-refractivity contribution in [3.63, 3.8) is 0 Å². The predicted octanol–water partition coefficient (Wildman–Crippen LogP) is 2.33. The van der Waals surface area contributed by atoms with Gasteiger partial charge >= 0.3 is 0 Å². The summed E-state index contributed by atoms with van der Waals surface area (Å²) in [7, 11) is 0. The third-order valence-electron chi connectivity index (χ3n) is 3.09. The van der Waals surface area contributed by atoms with Gasteiger partial charge < -0.3 is 5.32 Å². The Bertz CT molecular complexity index is 693. The number of hydrogen-bond acceptors (Lipinski definition) is 3. The standard InChI is InChI=1S/C13H10BrN3O2/c1-7-6-15-17-11(7)16-12(18)10(13(17)19)8-3-2-4-9(14)5-8/h2-6,10H,1H3,(H,16,18). The lowest BCUT2D eigenvalue weighted by Gasteiger charge is -2.22. The molecule has 1 amide bonds. The molecule has 0 saturated carbocycles. The third-order valence-corrected chi connectivity index (χ3v) is 3.59. The molecule has 6 heteroatoms. The van der Waals surface area contributed by atoms with E-state index in [0.717, 1.165) is 10.0 Å². The molecule has 1 aliphatic rings. The summed E-state index contributed by atoms with van der Waals surface area (Å²) in [6, 6.07) is 7.17. The van der Waals surface area contributed by atoms with Crippen molar-refractivity contribution >= 4 is 33.6 Å². The van der Waals surface area contributed by atoms with E-state index in [-0.39, 0.29) is 11.8 Å². The number of benzene rings is 1. The summed E-state index contributed by atoms with van der Waals surface area (Å²) in [4.78, 5) is 24.5. The molecule has 0 radical (unpaired) electrons. The maximum atomic E-state index is 12.4. The lowest BCUT2D eigenvalue weighted by atomic mass is 9.96. The van der Waals surface area contributed by atoms with Crippen molar-refractivity contribution < 1.29 is 9.59 Å². The Balaban J connectivity index is 2.09. The summed E-state index contributed by atoms with van der Waals surface area (Å²) in [5, 5.41) is 6.74. The SMILES string of the molecule is Cc1cnn2c1NC(=O)C(c1cccc(Br)c1)C2=O. The van der Waals surface area contributed by atoms with Crippen LogP contribution in [0.2, 0.25) is 0 Å². The molecule has 3 rings (SSSR count). The fourth-order valence-electron chi connectivity index (χ4n) is 2.15. The van der Waals surface area contributed by atoms with Gasteiger partial charge in [-0.3, -0.25) is 9.59 Å². The highest BCUT2D eigenvalue weighted by Crippen LogP contribution is 2.29. The minimum Gasteiger partial charge on any atom is -0.309 e. The zero-order valence-corrected chi connectivity index (χ0v) is 11.6. The van der Waals surface area contributed by atoms with Gasteiger partial charge in [0.05, 0.1) is 6.20 Å². The average Bonchev–Trinajstić information content (AvgIpc) is 2.72. The summed E-state index contributed by atoms with van der Waals surface area (Å²) in [5.74, 6) is -1.05. The molecular weight excluding hydrogens is 310 g/mol. The van der Waals surface area contributed by atoms with Crippen LogP contribution in [0.1, 0.15) is 21.8 Å². The van der Waals surface area contributed by atoms with Crippen molar-refractivity contribution in [1.29, 1.82) is 0 Å². The van der Waals surface area contributed by atoms with Crippen LogP contribution < -0.4 is 5.32 Å². The summed E-state index contributed by atoms with van der Waals surface area (Å²) >= 11 is 3.34. The van der Waals surface area contributed by atoms with Gasteiger partial charge in [0.2, 0.25) is 5.91 Å². The third kappa shape index (κ3) is 1.88. The largest absolute Gasteiger partial charge is 0.309 e. The molecule has 19 heavy (non-hydrogen) atoms. The van der Waals surface area contributed by atoms with E-state index in [1.807, 2.05) is 6.07 Å². The number of carbonyl (C=O) groups is 2. The van der Waals surface area contributed by atoms with E-state index in [0.29, 0.717) is 11.4 Å². The lowest BCUT2D eigenvalue weighted by molar-refractivity contribution is -0.117. The van der Waals surface area contributed by atoms with Crippen LogP contribution in [0.4, 0.5) is 5.82 Å². The highest BCUT2D eigenvalue weighted by atomic mass is 79.9. The van der Waals surface area contributed by atoms with Crippen LogP contribution in [0, 0.1) is 6.92 Å². The van der Waals surface area contributed by atoms with Crippen LogP contribution in [0.25, 0.3) is 0 Å². The van der Waals surface area contributed by atoms with E-state index in [1.165, 1.54) is 4.68 Å². The minimum atomic E-state index is -0.857. The van der Waals surface area contributed by atoms with Crippen LogP contribution in [0.5, 0.6) is 0 Å². The van der Waals surface area contributed by atoms with Crippen molar-refractivity contribution in [3.05, 3.63) is 46.1 Å². The molecule has 1 aliphatic heterocycles. The molecule has 0 aliphatic carbocycles. The van der Waals surface area contributed by atoms with Crippen LogP contribution >= 0.6 is 15.9 Å². The zero-order chi connectivity index (χ0) is 13.6. The summed E-state index contributed by atoms with van der Waals surface area (Å²) < 4.78 is 2.08. The van der Waals surface area contributed by atoms with Crippen LogP contribution in [0.15, 0.2) is 34.9 Å². The van der Waals surface area contributed by atoms with E-state index in [2.05, 4.69) is 26.3 Å². The van der Waals surface area contributed by atoms with Crippen molar-refractivity contribution in [1.82, 2.24) is 9.78 Å². The molecule has 2 aromatic rings. The second-order valence-corrected chi connectivity index (χ2v) is 5.32. The van der Waals surface area contributed by atoms with Gasteiger partial charge in [-0.05, 0) is 24.6 Å². The van der Waals surface area contributed by atoms with Crippen molar-refractivity contribution in [2.75, 3.05) is 5.32 Å². The van der Waals surface area contributed by atoms with Gasteiger partial charge in [0.1, 0.15) is 11.7 Å². The first kappa shape index (κ1) is 12.1. The summed E-state index contributed by atoms with van der Waals surface area (Å²) in [6.45, 7) is 1.80. The fraction of sp³-hybridized carbons (Fsp3) is 0.154. The number of aryl methyl sites for hydroxylation is 1. The maximum absolute atomic E-state index is 12.4. The number of aromatic nitrogens is 2. The van der Waals surface area contributed by atoms with Crippen molar-refractivity contribution in [2.45, 2.75) is 12.8 Å².